The Labute approximate surface area is 212 Å². The van der Waals surface area contributed by atoms with E-state index < -0.39 is 10.0 Å². The maximum absolute atomic E-state index is 12.2. The van der Waals surface area contributed by atoms with Crippen molar-refractivity contribution in [2.45, 2.75) is 32.7 Å². The van der Waals surface area contributed by atoms with Crippen molar-refractivity contribution in [3.05, 3.63) is 88.5 Å². The molecule has 0 radical (unpaired) electrons. The third-order valence-corrected chi connectivity index (χ3v) is 6.72. The van der Waals surface area contributed by atoms with Crippen LogP contribution in [0.1, 0.15) is 57.3 Å². The van der Waals surface area contributed by atoms with Gasteiger partial charge in [-0.3, -0.25) is 14.3 Å². The van der Waals surface area contributed by atoms with Crippen molar-refractivity contribution in [3.8, 4) is 11.1 Å². The van der Waals surface area contributed by atoms with E-state index in [0.717, 1.165) is 53.5 Å². The molecule has 3 aromatic carbocycles. The van der Waals surface area contributed by atoms with Gasteiger partial charge in [-0.1, -0.05) is 42.5 Å². The number of halogens is 1. The molecule has 8 heteroatoms. The van der Waals surface area contributed by atoms with Crippen LogP contribution in [0, 0.1) is 0 Å². The van der Waals surface area contributed by atoms with E-state index in [1.165, 1.54) is 13.8 Å². The highest BCUT2D eigenvalue weighted by molar-refractivity contribution is 7.92. The number of hydrogen-bond acceptors (Lipinski definition) is 5. The maximum atomic E-state index is 12.2. The van der Waals surface area contributed by atoms with Crippen molar-refractivity contribution in [2.75, 3.05) is 17.5 Å². The van der Waals surface area contributed by atoms with Crippen LogP contribution in [0.3, 0.4) is 0 Å². The van der Waals surface area contributed by atoms with Crippen molar-refractivity contribution >= 4 is 39.7 Å². The summed E-state index contributed by atoms with van der Waals surface area (Å²) in [7, 11) is -3.39. The first-order chi connectivity index (χ1) is 16.1. The topological polar surface area (TPSA) is 92.3 Å². The number of Topliss-reactive ketones (excluding diaryl/α,β-unsaturated/α-hetero) is 2. The smallest absolute Gasteiger partial charge is 0.229 e. The minimum atomic E-state index is -3.39. The van der Waals surface area contributed by atoms with E-state index in [9.17, 15) is 18.0 Å². The van der Waals surface area contributed by atoms with Crippen LogP contribution in [-0.4, -0.2) is 32.8 Å². The number of fused-ring (bicyclic) bond motifs is 1. The Morgan fingerprint density at radius 3 is 2.23 bits per heavy atom. The summed E-state index contributed by atoms with van der Waals surface area (Å²) < 4.78 is 26.0. The van der Waals surface area contributed by atoms with Gasteiger partial charge in [0.25, 0.3) is 0 Å². The largest absolute Gasteiger partial charge is 0.309 e. The van der Waals surface area contributed by atoms with Crippen molar-refractivity contribution in [2.24, 2.45) is 0 Å². The van der Waals surface area contributed by atoms with Crippen LogP contribution in [0.5, 0.6) is 0 Å². The average Bonchev–Trinajstić information content (AvgIpc) is 2.78. The standard InChI is InChI=1S/C27H28N2O4S.ClH/c1-17(30)23-15-21-12-13-28-27(25(21)16-24(23)18(2)31)14-19-8-10-20(11-9-19)22-6-4-5-7-26(22)29-34(3,32)33;/h4-11,15-16,27-29H,12-14H2,1-3H3;1H. The number of carbonyl (C=O) groups excluding carboxylic acids is 2. The predicted molar refractivity (Wildman–Crippen MR) is 142 cm³/mol. The Bertz CT molecular complexity index is 1370. The number of sulfonamides is 1. The van der Waals surface area contributed by atoms with E-state index in [2.05, 4.69) is 10.0 Å². The Morgan fingerprint density at radius 1 is 0.971 bits per heavy atom. The number of nitrogens with one attached hydrogen (secondary N) is 2. The normalized spacial score (nSPS) is 15.0. The average molecular weight is 513 g/mol. The lowest BCUT2D eigenvalue weighted by molar-refractivity contribution is 0.0980. The lowest BCUT2D eigenvalue weighted by Gasteiger charge is -2.28. The van der Waals surface area contributed by atoms with Gasteiger partial charge in [0.15, 0.2) is 11.6 Å². The summed E-state index contributed by atoms with van der Waals surface area (Å²) in [5.41, 5.74) is 6.52. The molecule has 0 fully saturated rings. The lowest BCUT2D eigenvalue weighted by Crippen LogP contribution is -2.32. The van der Waals surface area contributed by atoms with Crippen molar-refractivity contribution in [1.82, 2.24) is 5.32 Å². The van der Waals surface area contributed by atoms with E-state index in [1.807, 2.05) is 48.5 Å². The first-order valence-electron chi connectivity index (χ1n) is 11.2. The van der Waals surface area contributed by atoms with Gasteiger partial charge in [-0.25, -0.2) is 8.42 Å². The Balaban J connectivity index is 0.00000342. The van der Waals surface area contributed by atoms with E-state index in [-0.39, 0.29) is 30.0 Å². The summed E-state index contributed by atoms with van der Waals surface area (Å²) in [6.45, 7) is 3.80. The highest BCUT2D eigenvalue weighted by Gasteiger charge is 2.24. The summed E-state index contributed by atoms with van der Waals surface area (Å²) in [6, 6.07) is 19.2. The first-order valence-corrected chi connectivity index (χ1v) is 13.1. The van der Waals surface area contributed by atoms with E-state index in [4.69, 9.17) is 0 Å². The number of ketones is 2. The van der Waals surface area contributed by atoms with Crippen LogP contribution in [0.25, 0.3) is 11.1 Å². The van der Waals surface area contributed by atoms with E-state index in [1.54, 1.807) is 12.1 Å². The van der Waals surface area contributed by atoms with Crippen LogP contribution in [0.15, 0.2) is 60.7 Å². The number of rotatable bonds is 7. The molecule has 1 aliphatic rings. The monoisotopic (exact) mass is 512 g/mol. The number of carbonyl (C=O) groups is 2. The fourth-order valence-corrected chi connectivity index (χ4v) is 5.12. The third kappa shape index (κ3) is 6.17. The SMILES string of the molecule is CC(=O)c1cc2c(cc1C(C)=O)C(Cc1ccc(-c3ccccc3NS(C)(=O)=O)cc1)NCC2.Cl. The zero-order valence-corrected chi connectivity index (χ0v) is 21.6. The quantitative estimate of drug-likeness (QED) is 0.435. The molecule has 1 atom stereocenters. The molecule has 184 valence electrons. The molecule has 0 spiro atoms. The van der Waals surface area contributed by atoms with Crippen molar-refractivity contribution < 1.29 is 18.0 Å². The highest BCUT2D eigenvalue weighted by atomic mass is 35.5. The zero-order chi connectivity index (χ0) is 24.5. The summed E-state index contributed by atoms with van der Waals surface area (Å²) in [6.07, 6.45) is 2.68. The fraction of sp³-hybridized carbons (Fsp3) is 0.259. The van der Waals surface area contributed by atoms with Crippen molar-refractivity contribution in [3.63, 3.8) is 0 Å². The molecule has 0 saturated heterocycles. The van der Waals surface area contributed by atoms with Crippen LogP contribution >= 0.6 is 12.4 Å². The molecule has 0 amide bonds. The lowest BCUT2D eigenvalue weighted by atomic mass is 9.85. The molecule has 0 aliphatic carbocycles. The molecule has 0 aromatic heterocycles. The highest BCUT2D eigenvalue weighted by Crippen LogP contribution is 2.32. The van der Waals surface area contributed by atoms with E-state index in [0.29, 0.717) is 16.8 Å². The maximum Gasteiger partial charge on any atom is 0.229 e. The van der Waals surface area contributed by atoms with Crippen LogP contribution < -0.4 is 10.0 Å². The van der Waals surface area contributed by atoms with Gasteiger partial charge in [0, 0.05) is 22.7 Å². The molecule has 4 rings (SSSR count). The van der Waals surface area contributed by atoms with Gasteiger partial charge in [0.2, 0.25) is 10.0 Å². The number of anilines is 1. The Kier molecular flexibility index (Phi) is 8.15. The predicted octanol–water partition coefficient (Wildman–Crippen LogP) is 4.98. The van der Waals surface area contributed by atoms with Gasteiger partial charge >= 0.3 is 0 Å². The molecule has 2 N–H and O–H groups in total. The molecule has 35 heavy (non-hydrogen) atoms. The number of para-hydroxylation sites is 1. The molecule has 0 saturated carbocycles. The van der Waals surface area contributed by atoms with Gasteiger partial charge in [-0.05, 0) is 73.7 Å². The molecule has 1 aliphatic heterocycles. The van der Waals surface area contributed by atoms with Gasteiger partial charge < -0.3 is 5.32 Å². The molecule has 1 heterocycles. The second kappa shape index (κ2) is 10.7. The molecular formula is C27H29ClN2O4S. The third-order valence-electron chi connectivity index (χ3n) is 6.13. The molecule has 3 aromatic rings. The minimum absolute atomic E-state index is 0. The molecular weight excluding hydrogens is 484 g/mol. The molecule has 6 nitrogen and oxygen atoms in total. The van der Waals surface area contributed by atoms with E-state index >= 15 is 0 Å². The molecule has 1 unspecified atom stereocenters. The van der Waals surface area contributed by atoms with Gasteiger partial charge in [-0.2, -0.15) is 0 Å². The molecule has 0 bridgehead atoms. The minimum Gasteiger partial charge on any atom is -0.309 e. The van der Waals surface area contributed by atoms with Crippen LogP contribution in [0.2, 0.25) is 0 Å². The van der Waals surface area contributed by atoms with Gasteiger partial charge in [0.1, 0.15) is 0 Å². The van der Waals surface area contributed by atoms with Crippen LogP contribution in [0.4, 0.5) is 5.69 Å². The van der Waals surface area contributed by atoms with Crippen LogP contribution in [-0.2, 0) is 22.9 Å². The summed E-state index contributed by atoms with van der Waals surface area (Å²) in [5, 5.41) is 3.55. The second-order valence-electron chi connectivity index (χ2n) is 8.79. The van der Waals surface area contributed by atoms with Gasteiger partial charge in [-0.15, -0.1) is 12.4 Å². The first kappa shape index (κ1) is 26.6. The summed E-state index contributed by atoms with van der Waals surface area (Å²) in [5.74, 6) is -0.202. The zero-order valence-electron chi connectivity index (χ0n) is 19.9. The summed E-state index contributed by atoms with van der Waals surface area (Å²) in [4.78, 5) is 24.3. The second-order valence-corrected chi connectivity index (χ2v) is 10.5. The number of benzene rings is 3. The van der Waals surface area contributed by atoms with Gasteiger partial charge in [0.05, 0.1) is 11.9 Å². The Hall–Kier alpha value is -3.00. The Morgan fingerprint density at radius 2 is 1.60 bits per heavy atom. The van der Waals surface area contributed by atoms with Crippen molar-refractivity contribution in [1.29, 1.82) is 0 Å². The fourth-order valence-electron chi connectivity index (χ4n) is 4.54. The summed E-state index contributed by atoms with van der Waals surface area (Å²) >= 11 is 0. The number of hydrogen-bond donors (Lipinski definition) is 2.